The van der Waals surface area contributed by atoms with Crippen molar-refractivity contribution in [2.75, 3.05) is 13.2 Å². The molecule has 0 atom stereocenters. The van der Waals surface area contributed by atoms with Gasteiger partial charge in [-0.05, 0) is 23.6 Å². The standard InChI is InChI=1S/C13H16N2O/c1-9(2)10-3-4-13-11(5-10)6-15(14-13)12-7-16-8-12/h3-6,9,12H,7-8H2,1-2H3. The normalized spacial score (nSPS) is 16.9. The van der Waals surface area contributed by atoms with Crippen molar-refractivity contribution in [2.24, 2.45) is 0 Å². The van der Waals surface area contributed by atoms with Gasteiger partial charge >= 0.3 is 0 Å². The monoisotopic (exact) mass is 216 g/mol. The smallest absolute Gasteiger partial charge is 0.0985 e. The first kappa shape index (κ1) is 9.85. The van der Waals surface area contributed by atoms with Crippen LogP contribution in [0.1, 0.15) is 31.4 Å². The van der Waals surface area contributed by atoms with Crippen LogP contribution in [0.2, 0.25) is 0 Å². The van der Waals surface area contributed by atoms with Crippen molar-refractivity contribution >= 4 is 10.9 Å². The van der Waals surface area contributed by atoms with Gasteiger partial charge in [-0.2, -0.15) is 5.10 Å². The van der Waals surface area contributed by atoms with Crippen LogP contribution in [-0.2, 0) is 4.74 Å². The van der Waals surface area contributed by atoms with E-state index in [0.29, 0.717) is 12.0 Å². The number of nitrogens with zero attached hydrogens (tertiary/aromatic N) is 2. The lowest BCUT2D eigenvalue weighted by atomic mass is 10.0. The fourth-order valence-corrected chi connectivity index (χ4v) is 1.99. The molecule has 16 heavy (non-hydrogen) atoms. The first-order valence-electron chi connectivity index (χ1n) is 5.80. The van der Waals surface area contributed by atoms with Gasteiger partial charge in [0.15, 0.2) is 0 Å². The van der Waals surface area contributed by atoms with E-state index in [1.165, 1.54) is 10.9 Å². The fourth-order valence-electron chi connectivity index (χ4n) is 1.99. The van der Waals surface area contributed by atoms with Gasteiger partial charge in [0.05, 0.1) is 24.8 Å². The summed E-state index contributed by atoms with van der Waals surface area (Å²) in [5.74, 6) is 0.569. The van der Waals surface area contributed by atoms with E-state index in [2.05, 4.69) is 43.3 Å². The summed E-state index contributed by atoms with van der Waals surface area (Å²) >= 11 is 0. The molecule has 1 fully saturated rings. The zero-order valence-electron chi connectivity index (χ0n) is 9.68. The van der Waals surface area contributed by atoms with Crippen LogP contribution in [0.4, 0.5) is 0 Å². The van der Waals surface area contributed by atoms with Crippen LogP contribution in [0, 0.1) is 0 Å². The first-order valence-corrected chi connectivity index (χ1v) is 5.80. The molecule has 0 unspecified atom stereocenters. The molecule has 0 N–H and O–H groups in total. The highest BCUT2D eigenvalue weighted by Gasteiger charge is 2.21. The Bertz CT molecular complexity index is 512. The van der Waals surface area contributed by atoms with Gasteiger partial charge in [0.2, 0.25) is 0 Å². The summed E-state index contributed by atoms with van der Waals surface area (Å²) in [4.78, 5) is 0. The molecule has 0 aliphatic carbocycles. The van der Waals surface area contributed by atoms with Crippen LogP contribution in [0.25, 0.3) is 10.9 Å². The van der Waals surface area contributed by atoms with Crippen molar-refractivity contribution in [3.8, 4) is 0 Å². The zero-order chi connectivity index (χ0) is 11.1. The molecule has 1 aromatic carbocycles. The molecule has 0 spiro atoms. The van der Waals surface area contributed by atoms with Crippen LogP contribution < -0.4 is 0 Å². The van der Waals surface area contributed by atoms with Crippen molar-refractivity contribution in [2.45, 2.75) is 25.8 Å². The van der Waals surface area contributed by atoms with Crippen LogP contribution in [0.15, 0.2) is 24.4 Å². The van der Waals surface area contributed by atoms with Gasteiger partial charge in [-0.3, -0.25) is 4.68 Å². The van der Waals surface area contributed by atoms with Crippen molar-refractivity contribution in [3.05, 3.63) is 30.0 Å². The molecule has 2 aromatic rings. The van der Waals surface area contributed by atoms with Crippen molar-refractivity contribution in [3.63, 3.8) is 0 Å². The predicted octanol–water partition coefficient (Wildman–Crippen LogP) is 2.73. The minimum absolute atomic E-state index is 0.440. The van der Waals surface area contributed by atoms with Crippen molar-refractivity contribution < 1.29 is 4.74 Å². The summed E-state index contributed by atoms with van der Waals surface area (Å²) in [6.45, 7) is 6.02. The lowest BCUT2D eigenvalue weighted by Crippen LogP contribution is -2.30. The average Bonchev–Trinajstić information content (AvgIpc) is 2.56. The Morgan fingerprint density at radius 1 is 1.38 bits per heavy atom. The molecule has 1 saturated heterocycles. The molecule has 3 heteroatoms. The summed E-state index contributed by atoms with van der Waals surface area (Å²) in [5, 5.41) is 5.81. The lowest BCUT2D eigenvalue weighted by Gasteiger charge is -2.25. The molecular formula is C13H16N2O. The van der Waals surface area contributed by atoms with Gasteiger partial charge in [-0.1, -0.05) is 19.9 Å². The molecule has 2 heterocycles. The largest absolute Gasteiger partial charge is 0.377 e. The second-order valence-electron chi connectivity index (χ2n) is 4.77. The lowest BCUT2D eigenvalue weighted by molar-refractivity contribution is -0.0283. The number of hydrogen-bond acceptors (Lipinski definition) is 2. The van der Waals surface area contributed by atoms with E-state index in [0.717, 1.165) is 18.7 Å². The topological polar surface area (TPSA) is 27.1 Å². The quantitative estimate of drug-likeness (QED) is 0.771. The van der Waals surface area contributed by atoms with Gasteiger partial charge in [-0.25, -0.2) is 0 Å². The molecule has 3 rings (SSSR count). The van der Waals surface area contributed by atoms with Gasteiger partial charge in [0.25, 0.3) is 0 Å². The summed E-state index contributed by atoms with van der Waals surface area (Å²) in [6.07, 6.45) is 2.13. The van der Waals surface area contributed by atoms with Crippen LogP contribution in [-0.4, -0.2) is 23.0 Å². The maximum atomic E-state index is 5.19. The van der Waals surface area contributed by atoms with E-state index in [-0.39, 0.29) is 0 Å². The molecule has 1 aliphatic heterocycles. The van der Waals surface area contributed by atoms with E-state index < -0.39 is 0 Å². The van der Waals surface area contributed by atoms with E-state index in [1.807, 2.05) is 4.68 Å². The summed E-state index contributed by atoms with van der Waals surface area (Å²) < 4.78 is 7.23. The Kier molecular flexibility index (Phi) is 2.21. The van der Waals surface area contributed by atoms with Gasteiger partial charge in [0, 0.05) is 11.6 Å². The number of hydrogen-bond donors (Lipinski definition) is 0. The second kappa shape index (κ2) is 3.59. The molecule has 0 saturated carbocycles. The summed E-state index contributed by atoms with van der Waals surface area (Å²) in [6, 6.07) is 6.96. The third-order valence-corrected chi connectivity index (χ3v) is 3.21. The van der Waals surface area contributed by atoms with Gasteiger partial charge in [0.1, 0.15) is 0 Å². The number of benzene rings is 1. The second-order valence-corrected chi connectivity index (χ2v) is 4.77. The number of fused-ring (bicyclic) bond motifs is 1. The molecule has 0 radical (unpaired) electrons. The number of rotatable bonds is 2. The molecule has 3 nitrogen and oxygen atoms in total. The van der Waals surface area contributed by atoms with Crippen LogP contribution >= 0.6 is 0 Å². The maximum absolute atomic E-state index is 5.19. The van der Waals surface area contributed by atoms with Crippen molar-refractivity contribution in [1.29, 1.82) is 0 Å². The Morgan fingerprint density at radius 2 is 2.19 bits per heavy atom. The van der Waals surface area contributed by atoms with E-state index in [4.69, 9.17) is 4.74 Å². The van der Waals surface area contributed by atoms with Gasteiger partial charge in [-0.15, -0.1) is 0 Å². The highest BCUT2D eigenvalue weighted by atomic mass is 16.5. The molecule has 84 valence electrons. The third-order valence-electron chi connectivity index (χ3n) is 3.21. The Balaban J connectivity index is 2.03. The Hall–Kier alpha value is -1.35. The molecule has 1 aliphatic rings. The maximum Gasteiger partial charge on any atom is 0.0985 e. The first-order chi connectivity index (χ1) is 7.74. The fraction of sp³-hybridized carbons (Fsp3) is 0.462. The number of aromatic nitrogens is 2. The Morgan fingerprint density at radius 3 is 2.81 bits per heavy atom. The minimum atomic E-state index is 0.440. The summed E-state index contributed by atoms with van der Waals surface area (Å²) in [5.41, 5.74) is 2.45. The molecular weight excluding hydrogens is 200 g/mol. The van der Waals surface area contributed by atoms with Crippen LogP contribution in [0.3, 0.4) is 0 Å². The van der Waals surface area contributed by atoms with Gasteiger partial charge < -0.3 is 4.74 Å². The number of ether oxygens (including phenoxy) is 1. The highest BCUT2D eigenvalue weighted by molar-refractivity contribution is 5.78. The SMILES string of the molecule is CC(C)c1ccc2nn(C3COC3)cc2c1. The van der Waals surface area contributed by atoms with Crippen LogP contribution in [0.5, 0.6) is 0 Å². The predicted molar refractivity (Wildman–Crippen MR) is 63.7 cm³/mol. The average molecular weight is 216 g/mol. The van der Waals surface area contributed by atoms with E-state index in [1.54, 1.807) is 0 Å². The zero-order valence-corrected chi connectivity index (χ0v) is 9.68. The van der Waals surface area contributed by atoms with E-state index >= 15 is 0 Å². The molecule has 1 aromatic heterocycles. The van der Waals surface area contributed by atoms with E-state index in [9.17, 15) is 0 Å². The Labute approximate surface area is 95.0 Å². The molecule has 0 bridgehead atoms. The third kappa shape index (κ3) is 1.52. The highest BCUT2D eigenvalue weighted by Crippen LogP contribution is 2.23. The molecule has 0 amide bonds. The van der Waals surface area contributed by atoms with Crippen molar-refractivity contribution in [1.82, 2.24) is 9.78 Å². The minimum Gasteiger partial charge on any atom is -0.377 e. The summed E-state index contributed by atoms with van der Waals surface area (Å²) in [7, 11) is 0.